The Morgan fingerprint density at radius 1 is 1.42 bits per heavy atom. The van der Waals surface area contributed by atoms with E-state index in [2.05, 4.69) is 14.5 Å². The Bertz CT molecular complexity index is 475. The molecule has 19 heavy (non-hydrogen) atoms. The zero-order chi connectivity index (χ0) is 14.6. The molecule has 0 fully saturated rings. The van der Waals surface area contributed by atoms with Gasteiger partial charge in [-0.2, -0.15) is 0 Å². The predicted molar refractivity (Wildman–Crippen MR) is 59.3 cm³/mol. The molecule has 0 bridgehead atoms. The van der Waals surface area contributed by atoms with Crippen molar-refractivity contribution in [3.8, 4) is 5.88 Å². The molecule has 0 unspecified atom stereocenters. The number of carbonyl (C=O) groups is 1. The van der Waals surface area contributed by atoms with Gasteiger partial charge in [0.25, 0.3) is 0 Å². The number of halogens is 3. The van der Waals surface area contributed by atoms with Crippen molar-refractivity contribution < 1.29 is 27.4 Å². The summed E-state index contributed by atoms with van der Waals surface area (Å²) in [6.07, 6.45) is -5.25. The van der Waals surface area contributed by atoms with E-state index in [1.54, 1.807) is 0 Å². The van der Waals surface area contributed by atoms with E-state index in [-0.39, 0.29) is 18.5 Å². The number of hydrogen-bond donors (Lipinski definition) is 1. The molecule has 5 nitrogen and oxygen atoms in total. The maximum Gasteiger partial charge on any atom is 0.574 e. The van der Waals surface area contributed by atoms with Crippen LogP contribution in [0.5, 0.6) is 5.88 Å². The molecule has 1 aromatic rings. The second-order valence-electron chi connectivity index (χ2n) is 3.70. The Balaban J connectivity index is 3.18. The van der Waals surface area contributed by atoms with Gasteiger partial charge in [-0.25, -0.2) is 4.98 Å². The van der Waals surface area contributed by atoms with Gasteiger partial charge in [0.1, 0.15) is 0 Å². The minimum atomic E-state index is -4.88. The fourth-order valence-corrected chi connectivity index (χ4v) is 1.43. The van der Waals surface area contributed by atoms with Crippen molar-refractivity contribution in [3.05, 3.63) is 22.9 Å². The lowest BCUT2D eigenvalue weighted by Gasteiger charge is -2.14. The van der Waals surface area contributed by atoms with Crippen molar-refractivity contribution in [1.29, 1.82) is 0 Å². The molecule has 0 radical (unpaired) electrons. The monoisotopic (exact) mass is 278 g/mol. The van der Waals surface area contributed by atoms with Crippen LogP contribution < -0.4 is 10.5 Å². The van der Waals surface area contributed by atoms with E-state index in [0.29, 0.717) is 11.3 Å². The zero-order valence-corrected chi connectivity index (χ0v) is 10.4. The van der Waals surface area contributed by atoms with Crippen molar-refractivity contribution >= 4 is 5.97 Å². The lowest BCUT2D eigenvalue weighted by atomic mass is 10.1. The normalized spacial score (nSPS) is 11.3. The molecular weight excluding hydrogens is 265 g/mol. The van der Waals surface area contributed by atoms with Crippen molar-refractivity contribution in [2.24, 2.45) is 5.73 Å². The van der Waals surface area contributed by atoms with Crippen LogP contribution in [0.15, 0.2) is 6.07 Å². The third kappa shape index (κ3) is 4.40. The summed E-state index contributed by atoms with van der Waals surface area (Å²) >= 11 is 0. The van der Waals surface area contributed by atoms with Gasteiger partial charge in [-0.1, -0.05) is 0 Å². The van der Waals surface area contributed by atoms with E-state index in [1.807, 2.05) is 0 Å². The van der Waals surface area contributed by atoms with Crippen LogP contribution in [-0.4, -0.2) is 24.4 Å². The average molecular weight is 278 g/mol. The molecule has 0 aliphatic rings. The molecule has 0 aliphatic carbocycles. The number of methoxy groups -OCH3 is 1. The van der Waals surface area contributed by atoms with Gasteiger partial charge < -0.3 is 15.2 Å². The number of esters is 1. The first-order valence-corrected chi connectivity index (χ1v) is 5.29. The van der Waals surface area contributed by atoms with Gasteiger partial charge in [0.15, 0.2) is 0 Å². The topological polar surface area (TPSA) is 74.4 Å². The first-order chi connectivity index (χ1) is 8.76. The lowest BCUT2D eigenvalue weighted by Crippen LogP contribution is -2.20. The van der Waals surface area contributed by atoms with E-state index in [0.717, 1.165) is 7.11 Å². The number of pyridine rings is 1. The highest BCUT2D eigenvalue weighted by Gasteiger charge is 2.33. The van der Waals surface area contributed by atoms with E-state index < -0.39 is 18.2 Å². The number of nitrogens with zero attached hydrogens (tertiary/aromatic N) is 1. The van der Waals surface area contributed by atoms with Crippen LogP contribution in [0.25, 0.3) is 0 Å². The quantitative estimate of drug-likeness (QED) is 0.844. The van der Waals surface area contributed by atoms with Crippen LogP contribution in [0.2, 0.25) is 0 Å². The largest absolute Gasteiger partial charge is 0.574 e. The number of ether oxygens (including phenoxy) is 2. The smallest absolute Gasteiger partial charge is 0.469 e. The standard InChI is InChI=1S/C11H13F3N2O3/c1-6-8(5-15)3-7(4-9(17)18-2)10(16-6)19-11(12,13)14/h3H,4-5,15H2,1-2H3. The Kier molecular flexibility index (Phi) is 4.71. The fourth-order valence-electron chi connectivity index (χ4n) is 1.43. The van der Waals surface area contributed by atoms with Crippen LogP contribution in [0.1, 0.15) is 16.8 Å². The van der Waals surface area contributed by atoms with E-state index in [4.69, 9.17) is 5.73 Å². The summed E-state index contributed by atoms with van der Waals surface area (Å²) in [5.41, 5.74) is 6.27. The highest BCUT2D eigenvalue weighted by molar-refractivity contribution is 5.73. The molecule has 1 rings (SSSR count). The van der Waals surface area contributed by atoms with Gasteiger partial charge in [0, 0.05) is 17.8 Å². The summed E-state index contributed by atoms with van der Waals surface area (Å²) in [7, 11) is 1.14. The SMILES string of the molecule is COC(=O)Cc1cc(CN)c(C)nc1OC(F)(F)F. The molecule has 0 aliphatic heterocycles. The molecule has 0 atom stereocenters. The number of nitrogens with two attached hydrogens (primary N) is 1. The molecular formula is C11H13F3N2O3. The van der Waals surface area contributed by atoms with Gasteiger partial charge in [-0.05, 0) is 18.6 Å². The van der Waals surface area contributed by atoms with Crippen molar-refractivity contribution in [2.75, 3.05) is 7.11 Å². The first-order valence-electron chi connectivity index (χ1n) is 5.29. The number of rotatable bonds is 4. The number of hydrogen-bond acceptors (Lipinski definition) is 5. The van der Waals surface area contributed by atoms with Crippen LogP contribution in [-0.2, 0) is 22.5 Å². The third-order valence-corrected chi connectivity index (χ3v) is 2.35. The van der Waals surface area contributed by atoms with Crippen LogP contribution in [0.3, 0.4) is 0 Å². The highest BCUT2D eigenvalue weighted by atomic mass is 19.4. The molecule has 0 aromatic carbocycles. The lowest BCUT2D eigenvalue weighted by molar-refractivity contribution is -0.276. The molecule has 2 N–H and O–H groups in total. The van der Waals surface area contributed by atoms with Gasteiger partial charge in [0.2, 0.25) is 5.88 Å². The molecule has 0 saturated carbocycles. The summed E-state index contributed by atoms with van der Waals surface area (Å²) in [4.78, 5) is 14.9. The van der Waals surface area contributed by atoms with Crippen LogP contribution in [0, 0.1) is 6.92 Å². The van der Waals surface area contributed by atoms with Crippen molar-refractivity contribution in [1.82, 2.24) is 4.98 Å². The molecule has 0 amide bonds. The van der Waals surface area contributed by atoms with Crippen LogP contribution in [0.4, 0.5) is 13.2 Å². The Hall–Kier alpha value is -1.83. The second kappa shape index (κ2) is 5.87. The summed E-state index contributed by atoms with van der Waals surface area (Å²) < 4.78 is 45.0. The molecule has 0 saturated heterocycles. The molecule has 8 heteroatoms. The summed E-state index contributed by atoms with van der Waals surface area (Å²) in [6, 6.07) is 1.36. The Morgan fingerprint density at radius 2 is 2.05 bits per heavy atom. The maximum absolute atomic E-state index is 12.3. The second-order valence-corrected chi connectivity index (χ2v) is 3.70. The maximum atomic E-state index is 12.3. The van der Waals surface area contributed by atoms with Gasteiger partial charge in [0.05, 0.1) is 13.5 Å². The number of aromatic nitrogens is 1. The van der Waals surface area contributed by atoms with Gasteiger partial charge >= 0.3 is 12.3 Å². The van der Waals surface area contributed by atoms with Crippen LogP contribution >= 0.6 is 0 Å². The first kappa shape index (κ1) is 15.2. The molecule has 1 heterocycles. The molecule has 0 spiro atoms. The predicted octanol–water partition coefficient (Wildman–Crippen LogP) is 1.46. The Labute approximate surface area is 107 Å². The zero-order valence-electron chi connectivity index (χ0n) is 10.4. The summed E-state index contributed by atoms with van der Waals surface area (Å²) in [6.45, 7) is 1.60. The number of alkyl halides is 3. The Morgan fingerprint density at radius 3 is 2.53 bits per heavy atom. The fraction of sp³-hybridized carbons (Fsp3) is 0.455. The molecule has 106 valence electrons. The van der Waals surface area contributed by atoms with Crippen molar-refractivity contribution in [2.45, 2.75) is 26.3 Å². The summed E-state index contributed by atoms with van der Waals surface area (Å²) in [5, 5.41) is 0. The summed E-state index contributed by atoms with van der Waals surface area (Å²) in [5.74, 6) is -1.35. The highest BCUT2D eigenvalue weighted by Crippen LogP contribution is 2.26. The number of carbonyl (C=O) groups excluding carboxylic acids is 1. The van der Waals surface area contributed by atoms with E-state index >= 15 is 0 Å². The third-order valence-electron chi connectivity index (χ3n) is 2.35. The minimum Gasteiger partial charge on any atom is -0.469 e. The molecule has 1 aromatic heterocycles. The van der Waals surface area contributed by atoms with Gasteiger partial charge in [-0.3, -0.25) is 4.79 Å². The minimum absolute atomic E-state index is 0.0183. The van der Waals surface area contributed by atoms with Crippen molar-refractivity contribution in [3.63, 3.8) is 0 Å². The van der Waals surface area contributed by atoms with E-state index in [9.17, 15) is 18.0 Å². The average Bonchev–Trinajstić information content (AvgIpc) is 2.30. The number of aryl methyl sites for hydroxylation is 1. The van der Waals surface area contributed by atoms with Gasteiger partial charge in [-0.15, -0.1) is 13.2 Å². The van der Waals surface area contributed by atoms with E-state index in [1.165, 1.54) is 13.0 Å².